The van der Waals surface area contributed by atoms with Gasteiger partial charge in [0.05, 0.1) is 13.0 Å². The van der Waals surface area contributed by atoms with Crippen molar-refractivity contribution in [2.75, 3.05) is 19.4 Å². The molecule has 2 atom stereocenters. The standard InChI is InChI=1S/C7H15O4P.Ti/c1-4-12(9,10)5-6(2)7(8)11-3;/h6H,4-5H2,1-3H3,(H,9,10);. The number of methoxy groups -OCH3 is 1. The van der Waals surface area contributed by atoms with Crippen molar-refractivity contribution in [3.63, 3.8) is 0 Å². The van der Waals surface area contributed by atoms with E-state index in [9.17, 15) is 14.3 Å². The van der Waals surface area contributed by atoms with Crippen molar-refractivity contribution in [2.24, 2.45) is 5.92 Å². The summed E-state index contributed by atoms with van der Waals surface area (Å²) < 4.78 is 15.6. The Morgan fingerprint density at radius 1 is 1.62 bits per heavy atom. The van der Waals surface area contributed by atoms with Crippen molar-refractivity contribution in [3.8, 4) is 0 Å². The average molecular weight is 242 g/mol. The molecule has 0 radical (unpaired) electrons. The van der Waals surface area contributed by atoms with Gasteiger partial charge in [0.15, 0.2) is 0 Å². The van der Waals surface area contributed by atoms with Gasteiger partial charge in [0, 0.05) is 34.0 Å². The van der Waals surface area contributed by atoms with Gasteiger partial charge in [-0.25, -0.2) is 0 Å². The molecule has 2 unspecified atom stereocenters. The van der Waals surface area contributed by atoms with Gasteiger partial charge in [0.1, 0.15) is 0 Å². The maximum atomic E-state index is 11.2. The molecule has 6 heteroatoms. The molecule has 0 aromatic heterocycles. The van der Waals surface area contributed by atoms with E-state index in [4.69, 9.17) is 0 Å². The molecule has 13 heavy (non-hydrogen) atoms. The summed E-state index contributed by atoms with van der Waals surface area (Å²) in [5, 5.41) is 0. The Balaban J connectivity index is 0. The van der Waals surface area contributed by atoms with E-state index in [1.165, 1.54) is 7.11 Å². The Morgan fingerprint density at radius 2 is 2.08 bits per heavy atom. The minimum atomic E-state index is -3.10. The Bertz CT molecular complexity index is 207. The van der Waals surface area contributed by atoms with Gasteiger partial charge in [-0.3, -0.25) is 9.36 Å². The number of hydrogen-bond donors (Lipinski definition) is 1. The molecule has 0 saturated heterocycles. The summed E-state index contributed by atoms with van der Waals surface area (Å²) in [7, 11) is -1.83. The number of carbonyl (C=O) groups is 1. The SMILES string of the molecule is CCP(=O)(O)CC(C)C(=O)OC.[Ti]. The second-order valence-corrected chi connectivity index (χ2v) is 5.46. The third-order valence-electron chi connectivity index (χ3n) is 1.66. The normalized spacial score (nSPS) is 16.6. The van der Waals surface area contributed by atoms with Crippen LogP contribution in [0.3, 0.4) is 0 Å². The molecule has 76 valence electrons. The van der Waals surface area contributed by atoms with Gasteiger partial charge in [-0.05, 0) is 0 Å². The maximum Gasteiger partial charge on any atom is 0.308 e. The molecule has 1 N–H and O–H groups in total. The number of rotatable bonds is 4. The van der Waals surface area contributed by atoms with Gasteiger partial charge in [0.2, 0.25) is 7.37 Å². The zero-order valence-electron chi connectivity index (χ0n) is 8.11. The van der Waals surface area contributed by atoms with Gasteiger partial charge in [-0.15, -0.1) is 0 Å². The molecule has 0 rings (SSSR count). The largest absolute Gasteiger partial charge is 0.469 e. The quantitative estimate of drug-likeness (QED) is 0.455. The summed E-state index contributed by atoms with van der Waals surface area (Å²) in [6.45, 7) is 3.22. The molecule has 0 aromatic carbocycles. The van der Waals surface area contributed by atoms with Crippen LogP contribution in [0.2, 0.25) is 0 Å². The Morgan fingerprint density at radius 3 is 2.38 bits per heavy atom. The molecule has 0 spiro atoms. The molecule has 0 amide bonds. The van der Waals surface area contributed by atoms with Gasteiger partial charge < -0.3 is 9.63 Å². The van der Waals surface area contributed by atoms with Crippen molar-refractivity contribution in [3.05, 3.63) is 0 Å². The molecule has 4 nitrogen and oxygen atoms in total. The van der Waals surface area contributed by atoms with E-state index in [1.807, 2.05) is 0 Å². The van der Waals surface area contributed by atoms with E-state index in [2.05, 4.69) is 4.74 Å². The predicted octanol–water partition coefficient (Wildman–Crippen LogP) is 1.08. The van der Waals surface area contributed by atoms with Gasteiger partial charge in [-0.1, -0.05) is 13.8 Å². The molecule has 0 heterocycles. The molecule has 0 fully saturated rings. The van der Waals surface area contributed by atoms with Crippen LogP contribution >= 0.6 is 7.37 Å². The van der Waals surface area contributed by atoms with E-state index in [1.54, 1.807) is 13.8 Å². The number of esters is 1. The van der Waals surface area contributed by atoms with Crippen LogP contribution in [-0.2, 0) is 35.8 Å². The van der Waals surface area contributed by atoms with E-state index >= 15 is 0 Å². The number of ether oxygens (including phenoxy) is 1. The first-order chi connectivity index (χ1) is 5.43. The molecule has 0 aliphatic heterocycles. The van der Waals surface area contributed by atoms with Crippen LogP contribution in [0.4, 0.5) is 0 Å². The van der Waals surface area contributed by atoms with Crippen molar-refractivity contribution >= 4 is 13.3 Å². The third kappa shape index (κ3) is 6.45. The van der Waals surface area contributed by atoms with Crippen molar-refractivity contribution in [1.29, 1.82) is 0 Å². The van der Waals surface area contributed by atoms with Crippen LogP contribution in [-0.4, -0.2) is 30.3 Å². The smallest absolute Gasteiger partial charge is 0.308 e. The summed E-state index contributed by atoms with van der Waals surface area (Å²) in [6, 6.07) is 0. The first-order valence-electron chi connectivity index (χ1n) is 3.81. The van der Waals surface area contributed by atoms with Crippen LogP contribution in [0.25, 0.3) is 0 Å². The predicted molar refractivity (Wildman–Crippen MR) is 46.4 cm³/mol. The summed E-state index contributed by atoms with van der Waals surface area (Å²) >= 11 is 0. The Hall–Kier alpha value is 0.374. The maximum absolute atomic E-state index is 11.2. The Kier molecular flexibility index (Phi) is 8.25. The van der Waals surface area contributed by atoms with Crippen molar-refractivity contribution < 1.29 is 40.7 Å². The fraction of sp³-hybridized carbons (Fsp3) is 0.857. The van der Waals surface area contributed by atoms with Crippen LogP contribution in [0.5, 0.6) is 0 Å². The second kappa shape index (κ2) is 6.77. The molecule has 0 aliphatic carbocycles. The van der Waals surface area contributed by atoms with Crippen LogP contribution in [0.1, 0.15) is 13.8 Å². The topological polar surface area (TPSA) is 63.6 Å². The third-order valence-corrected chi connectivity index (χ3v) is 3.76. The van der Waals surface area contributed by atoms with Gasteiger partial charge >= 0.3 is 5.97 Å². The van der Waals surface area contributed by atoms with Crippen LogP contribution < -0.4 is 0 Å². The average Bonchev–Trinajstić information content (AvgIpc) is 2.02. The van der Waals surface area contributed by atoms with E-state index in [-0.39, 0.29) is 34.0 Å². The molecular weight excluding hydrogens is 227 g/mol. The summed E-state index contributed by atoms with van der Waals surface area (Å²) in [5.41, 5.74) is 0. The second-order valence-electron chi connectivity index (χ2n) is 2.77. The van der Waals surface area contributed by atoms with Crippen molar-refractivity contribution in [1.82, 2.24) is 0 Å². The molecule has 0 saturated carbocycles. The summed E-state index contributed by atoms with van der Waals surface area (Å²) in [6.07, 6.45) is 0.213. The van der Waals surface area contributed by atoms with Crippen LogP contribution in [0, 0.1) is 5.92 Å². The Labute approximate surface area is 93.4 Å². The first-order valence-corrected chi connectivity index (χ1v) is 5.84. The number of hydrogen-bond acceptors (Lipinski definition) is 3. The fourth-order valence-electron chi connectivity index (χ4n) is 0.833. The first kappa shape index (κ1) is 15.8. The summed E-state index contributed by atoms with van der Waals surface area (Å²) in [4.78, 5) is 20.0. The molecule has 0 aromatic rings. The molecular formula is C7H15O4PTi. The zero-order valence-corrected chi connectivity index (χ0v) is 10.6. The van der Waals surface area contributed by atoms with E-state index in [0.29, 0.717) is 0 Å². The van der Waals surface area contributed by atoms with E-state index in [0.717, 1.165) is 0 Å². The van der Waals surface area contributed by atoms with Gasteiger partial charge in [-0.2, -0.15) is 0 Å². The minimum absolute atomic E-state index is 0. The zero-order chi connectivity index (χ0) is 9.78. The number of carbonyl (C=O) groups excluding carboxylic acids is 1. The molecule has 0 bridgehead atoms. The van der Waals surface area contributed by atoms with E-state index < -0.39 is 19.3 Å². The van der Waals surface area contributed by atoms with Crippen LogP contribution in [0.15, 0.2) is 0 Å². The van der Waals surface area contributed by atoms with Crippen molar-refractivity contribution in [2.45, 2.75) is 13.8 Å². The molecule has 0 aliphatic rings. The van der Waals surface area contributed by atoms with Gasteiger partial charge in [0.25, 0.3) is 0 Å². The minimum Gasteiger partial charge on any atom is -0.469 e. The monoisotopic (exact) mass is 242 g/mol. The fourth-order valence-corrected chi connectivity index (χ4v) is 2.10. The summed E-state index contributed by atoms with van der Waals surface area (Å²) in [5.74, 6) is -0.927.